The SMILES string of the molecule is CC(C)C[C@@H](NS(=O)(=O)c1ccc(Cl)cc1[N+](=O)[O-])C(=O)Nc1ccn[nH]1. The quantitative estimate of drug-likeness (QED) is 0.445. The third kappa shape index (κ3) is 5.49. The van der Waals surface area contributed by atoms with E-state index in [0.29, 0.717) is 5.82 Å². The minimum atomic E-state index is -4.36. The Hall–Kier alpha value is -2.50. The van der Waals surface area contributed by atoms with Gasteiger partial charge in [-0.15, -0.1) is 0 Å². The summed E-state index contributed by atoms with van der Waals surface area (Å²) in [6, 6.07) is 3.56. The van der Waals surface area contributed by atoms with Crippen LogP contribution in [0.25, 0.3) is 0 Å². The lowest BCUT2D eigenvalue weighted by Gasteiger charge is -2.19. The summed E-state index contributed by atoms with van der Waals surface area (Å²) in [4.78, 5) is 22.3. The highest BCUT2D eigenvalue weighted by molar-refractivity contribution is 7.89. The second-order valence-corrected chi connectivity index (χ2v) is 8.25. The minimum Gasteiger partial charge on any atom is -0.310 e. The molecule has 0 spiro atoms. The van der Waals surface area contributed by atoms with Crippen molar-refractivity contribution >= 4 is 39.0 Å². The van der Waals surface area contributed by atoms with E-state index in [1.807, 2.05) is 13.8 Å². The lowest BCUT2D eigenvalue weighted by molar-refractivity contribution is -0.387. The maximum absolute atomic E-state index is 12.7. The van der Waals surface area contributed by atoms with Gasteiger partial charge in [0.05, 0.1) is 11.1 Å². The highest BCUT2D eigenvalue weighted by Crippen LogP contribution is 2.27. The van der Waals surface area contributed by atoms with Gasteiger partial charge >= 0.3 is 0 Å². The van der Waals surface area contributed by atoms with Crippen LogP contribution in [0.3, 0.4) is 0 Å². The highest BCUT2D eigenvalue weighted by Gasteiger charge is 2.31. The summed E-state index contributed by atoms with van der Waals surface area (Å²) in [7, 11) is -4.36. The van der Waals surface area contributed by atoms with Gasteiger partial charge in [0.15, 0.2) is 4.90 Å². The van der Waals surface area contributed by atoms with Crippen molar-refractivity contribution in [1.82, 2.24) is 14.9 Å². The van der Waals surface area contributed by atoms with E-state index in [9.17, 15) is 23.3 Å². The summed E-state index contributed by atoms with van der Waals surface area (Å²) in [6.07, 6.45) is 1.61. The molecule has 27 heavy (non-hydrogen) atoms. The number of rotatable bonds is 8. The molecule has 0 unspecified atom stereocenters. The number of amides is 1. The number of hydrogen-bond donors (Lipinski definition) is 3. The van der Waals surface area contributed by atoms with E-state index in [0.717, 1.165) is 12.1 Å². The molecule has 0 saturated heterocycles. The molecule has 0 aliphatic rings. The summed E-state index contributed by atoms with van der Waals surface area (Å²) in [5, 5.41) is 20.0. The number of nitrogens with zero attached hydrogens (tertiary/aromatic N) is 2. The van der Waals surface area contributed by atoms with Crippen LogP contribution in [0.2, 0.25) is 5.02 Å². The van der Waals surface area contributed by atoms with Gasteiger partial charge in [-0.05, 0) is 24.5 Å². The lowest BCUT2D eigenvalue weighted by Crippen LogP contribution is -2.44. The Morgan fingerprint density at radius 3 is 2.63 bits per heavy atom. The van der Waals surface area contributed by atoms with E-state index >= 15 is 0 Å². The number of sulfonamides is 1. The zero-order valence-electron chi connectivity index (χ0n) is 14.5. The summed E-state index contributed by atoms with van der Waals surface area (Å²) in [5.74, 6) is -0.344. The number of anilines is 1. The van der Waals surface area contributed by atoms with Crippen LogP contribution in [-0.4, -0.2) is 35.5 Å². The van der Waals surface area contributed by atoms with E-state index in [1.54, 1.807) is 0 Å². The Labute approximate surface area is 160 Å². The van der Waals surface area contributed by atoms with Crippen LogP contribution in [0.15, 0.2) is 35.4 Å². The number of carbonyl (C=O) groups excluding carboxylic acids is 1. The van der Waals surface area contributed by atoms with Gasteiger partial charge in [0, 0.05) is 17.2 Å². The first kappa shape index (κ1) is 20.8. The number of halogens is 1. The zero-order chi connectivity index (χ0) is 20.2. The number of hydrogen-bond acceptors (Lipinski definition) is 6. The van der Waals surface area contributed by atoms with Gasteiger partial charge in [-0.25, -0.2) is 8.42 Å². The topological polar surface area (TPSA) is 147 Å². The maximum Gasteiger partial charge on any atom is 0.290 e. The fourth-order valence-electron chi connectivity index (χ4n) is 2.34. The molecule has 2 aromatic rings. The van der Waals surface area contributed by atoms with Crippen molar-refractivity contribution < 1.29 is 18.1 Å². The molecule has 0 radical (unpaired) electrons. The highest BCUT2D eigenvalue weighted by atomic mass is 35.5. The van der Waals surface area contributed by atoms with Crippen LogP contribution >= 0.6 is 11.6 Å². The molecule has 0 saturated carbocycles. The van der Waals surface area contributed by atoms with Crippen LogP contribution in [0.4, 0.5) is 11.5 Å². The van der Waals surface area contributed by atoms with Gasteiger partial charge in [-0.1, -0.05) is 25.4 Å². The van der Waals surface area contributed by atoms with Crippen LogP contribution in [-0.2, 0) is 14.8 Å². The number of aromatic amines is 1. The molecular formula is C15H18ClN5O5S. The van der Waals surface area contributed by atoms with Crippen molar-refractivity contribution in [2.75, 3.05) is 5.32 Å². The number of H-pyrrole nitrogens is 1. The van der Waals surface area contributed by atoms with Gasteiger partial charge < -0.3 is 5.32 Å². The second kappa shape index (κ2) is 8.46. The van der Waals surface area contributed by atoms with Gasteiger partial charge in [-0.3, -0.25) is 20.0 Å². The van der Waals surface area contributed by atoms with Crippen LogP contribution < -0.4 is 10.0 Å². The Balaban J connectivity index is 2.33. The predicted octanol–water partition coefficient (Wildman–Crippen LogP) is 2.30. The Bertz CT molecular complexity index is 930. The molecule has 1 amide bonds. The van der Waals surface area contributed by atoms with Crippen LogP contribution in [0, 0.1) is 16.0 Å². The smallest absolute Gasteiger partial charge is 0.290 e. The zero-order valence-corrected chi connectivity index (χ0v) is 16.0. The van der Waals surface area contributed by atoms with Gasteiger partial charge in [0.2, 0.25) is 15.9 Å². The second-order valence-electron chi connectivity index (χ2n) is 6.13. The third-order valence-electron chi connectivity index (χ3n) is 3.49. The van der Waals surface area contributed by atoms with Crippen molar-refractivity contribution in [1.29, 1.82) is 0 Å². The summed E-state index contributed by atoms with van der Waals surface area (Å²) >= 11 is 5.72. The average Bonchev–Trinajstić information content (AvgIpc) is 3.06. The summed E-state index contributed by atoms with van der Waals surface area (Å²) < 4.78 is 27.7. The van der Waals surface area contributed by atoms with Crippen molar-refractivity contribution in [3.05, 3.63) is 45.6 Å². The third-order valence-corrected chi connectivity index (χ3v) is 5.24. The minimum absolute atomic E-state index is 0.0228. The normalized spacial score (nSPS) is 12.7. The molecule has 3 N–H and O–H groups in total. The van der Waals surface area contributed by atoms with Crippen molar-refractivity contribution in [3.8, 4) is 0 Å². The molecule has 0 aliphatic heterocycles. The molecule has 0 aliphatic carbocycles. The first-order chi connectivity index (χ1) is 12.6. The van der Waals surface area contributed by atoms with Gasteiger partial charge in [-0.2, -0.15) is 9.82 Å². The summed E-state index contributed by atoms with van der Waals surface area (Å²) in [6.45, 7) is 3.63. The van der Waals surface area contributed by atoms with Crippen LogP contribution in [0.1, 0.15) is 20.3 Å². The number of nitrogens with one attached hydrogen (secondary N) is 3. The molecule has 0 fully saturated rings. The monoisotopic (exact) mass is 415 g/mol. The van der Waals surface area contributed by atoms with Crippen molar-refractivity contribution in [3.63, 3.8) is 0 Å². The first-order valence-electron chi connectivity index (χ1n) is 7.86. The van der Waals surface area contributed by atoms with Crippen molar-refractivity contribution in [2.45, 2.75) is 31.2 Å². The van der Waals surface area contributed by atoms with E-state index in [4.69, 9.17) is 11.6 Å². The number of aromatic nitrogens is 2. The largest absolute Gasteiger partial charge is 0.310 e. The van der Waals surface area contributed by atoms with E-state index < -0.39 is 37.5 Å². The molecule has 1 atom stereocenters. The van der Waals surface area contributed by atoms with Gasteiger partial charge in [0.1, 0.15) is 11.9 Å². The molecule has 2 rings (SSSR count). The number of carbonyl (C=O) groups is 1. The number of benzene rings is 1. The van der Waals surface area contributed by atoms with E-state index in [1.165, 1.54) is 18.3 Å². The fourth-order valence-corrected chi connectivity index (χ4v) is 3.86. The first-order valence-corrected chi connectivity index (χ1v) is 9.72. The molecule has 12 heteroatoms. The van der Waals surface area contributed by atoms with Crippen molar-refractivity contribution in [2.24, 2.45) is 5.92 Å². The summed E-state index contributed by atoms with van der Waals surface area (Å²) in [5.41, 5.74) is -0.674. The molecule has 0 bridgehead atoms. The molecular weight excluding hydrogens is 398 g/mol. The average molecular weight is 416 g/mol. The standard InChI is InChI=1S/C15H18ClN5O5S/c1-9(2)7-11(15(22)18-14-5-6-17-19-14)20-27(25,26)13-4-3-10(16)8-12(13)21(23)24/h3-6,8-9,11,20H,7H2,1-2H3,(H2,17,18,19,22)/t11-/m1/s1. The van der Waals surface area contributed by atoms with Gasteiger partial charge in [0.25, 0.3) is 5.69 Å². The molecule has 1 heterocycles. The molecule has 146 valence electrons. The molecule has 1 aromatic heterocycles. The predicted molar refractivity (Wildman–Crippen MR) is 98.9 cm³/mol. The molecule has 1 aromatic carbocycles. The Morgan fingerprint density at radius 1 is 1.37 bits per heavy atom. The Kier molecular flexibility index (Phi) is 6.52. The Morgan fingerprint density at radius 2 is 2.07 bits per heavy atom. The lowest BCUT2D eigenvalue weighted by atomic mass is 10.0. The van der Waals surface area contributed by atoms with Crippen LogP contribution in [0.5, 0.6) is 0 Å². The van der Waals surface area contributed by atoms with E-state index in [2.05, 4.69) is 20.2 Å². The fraction of sp³-hybridized carbons (Fsp3) is 0.333. The molecule has 10 nitrogen and oxygen atoms in total. The van der Waals surface area contributed by atoms with E-state index in [-0.39, 0.29) is 17.4 Å². The number of nitro benzene ring substituents is 1. The number of nitro groups is 1. The maximum atomic E-state index is 12.7.